The summed E-state index contributed by atoms with van der Waals surface area (Å²) in [4.78, 5) is 0. The van der Waals surface area contributed by atoms with Gasteiger partial charge in [-0.05, 0) is 25.7 Å². The number of aliphatic hydroxyl groups is 2. The van der Waals surface area contributed by atoms with Crippen LogP contribution in [0.1, 0.15) is 25.7 Å². The van der Waals surface area contributed by atoms with Crippen LogP contribution < -0.4 is 0 Å². The maximum Gasteiger partial charge on any atom is 0.0605 e. The predicted octanol–water partition coefficient (Wildman–Crippen LogP) is 1.09. The zero-order valence-electron chi connectivity index (χ0n) is 6.74. The van der Waals surface area contributed by atoms with E-state index in [1.807, 2.05) is 0 Å². The van der Waals surface area contributed by atoms with Gasteiger partial charge >= 0.3 is 0 Å². The Balaban J connectivity index is 2.29. The highest BCUT2D eigenvalue weighted by molar-refractivity contribution is 4.97. The first-order chi connectivity index (χ1) is 5.34. The minimum atomic E-state index is -0.174. The summed E-state index contributed by atoms with van der Waals surface area (Å²) >= 11 is 0. The third-order valence-electron chi connectivity index (χ3n) is 2.20. The molecule has 0 amide bonds. The van der Waals surface area contributed by atoms with Gasteiger partial charge in [0.15, 0.2) is 0 Å². The first kappa shape index (κ1) is 8.75. The monoisotopic (exact) mass is 156 g/mol. The average molecular weight is 156 g/mol. The summed E-state index contributed by atoms with van der Waals surface area (Å²) in [5.41, 5.74) is 0. The summed E-state index contributed by atoms with van der Waals surface area (Å²) < 4.78 is 0. The molecule has 2 heteroatoms. The van der Waals surface area contributed by atoms with Gasteiger partial charge in [-0.3, -0.25) is 0 Å². The van der Waals surface area contributed by atoms with Gasteiger partial charge in [0.1, 0.15) is 0 Å². The molecule has 0 aromatic heterocycles. The molecular formula is C9H16O2. The molecule has 0 bridgehead atoms. The Labute approximate surface area is 67.6 Å². The van der Waals surface area contributed by atoms with Crippen LogP contribution in [0.3, 0.4) is 0 Å². The number of aliphatic hydroxyl groups excluding tert-OH is 2. The topological polar surface area (TPSA) is 40.5 Å². The van der Waals surface area contributed by atoms with Crippen molar-refractivity contribution in [2.24, 2.45) is 5.92 Å². The standard InChI is InChI=1S/C9H16O2/c10-7-3-5-8-4-1-2-6-9(8)11/h1,4,8-11H,2-3,5-7H2. The lowest BCUT2D eigenvalue weighted by Crippen LogP contribution is -2.21. The van der Waals surface area contributed by atoms with Crippen LogP contribution in [-0.2, 0) is 0 Å². The molecule has 2 atom stereocenters. The number of hydrogen-bond acceptors (Lipinski definition) is 2. The minimum absolute atomic E-state index is 0.174. The van der Waals surface area contributed by atoms with E-state index >= 15 is 0 Å². The molecule has 0 radical (unpaired) electrons. The number of hydrogen-bond donors (Lipinski definition) is 2. The lowest BCUT2D eigenvalue weighted by atomic mass is 9.89. The van der Waals surface area contributed by atoms with Crippen molar-refractivity contribution in [1.29, 1.82) is 0 Å². The van der Waals surface area contributed by atoms with E-state index in [0.717, 1.165) is 25.7 Å². The van der Waals surface area contributed by atoms with Gasteiger partial charge < -0.3 is 10.2 Å². The Hall–Kier alpha value is -0.340. The fourth-order valence-corrected chi connectivity index (χ4v) is 1.50. The van der Waals surface area contributed by atoms with E-state index in [0.29, 0.717) is 0 Å². The summed E-state index contributed by atoms with van der Waals surface area (Å²) in [7, 11) is 0. The van der Waals surface area contributed by atoms with Gasteiger partial charge in [0.05, 0.1) is 6.10 Å². The molecule has 2 nitrogen and oxygen atoms in total. The van der Waals surface area contributed by atoms with Gasteiger partial charge in [0.2, 0.25) is 0 Å². The fourth-order valence-electron chi connectivity index (χ4n) is 1.50. The van der Waals surface area contributed by atoms with E-state index in [9.17, 15) is 5.11 Å². The van der Waals surface area contributed by atoms with Crippen molar-refractivity contribution in [3.8, 4) is 0 Å². The Morgan fingerprint density at radius 2 is 2.27 bits per heavy atom. The second kappa shape index (κ2) is 4.52. The zero-order valence-corrected chi connectivity index (χ0v) is 6.74. The molecule has 0 aromatic rings. The number of rotatable bonds is 3. The van der Waals surface area contributed by atoms with Crippen molar-refractivity contribution in [2.45, 2.75) is 31.8 Å². The fraction of sp³-hybridized carbons (Fsp3) is 0.778. The van der Waals surface area contributed by atoms with Crippen LogP contribution in [0.15, 0.2) is 12.2 Å². The van der Waals surface area contributed by atoms with Crippen LogP contribution in [0.2, 0.25) is 0 Å². The molecule has 0 fully saturated rings. The van der Waals surface area contributed by atoms with E-state index in [2.05, 4.69) is 12.2 Å². The quantitative estimate of drug-likeness (QED) is 0.600. The highest BCUT2D eigenvalue weighted by Crippen LogP contribution is 2.21. The predicted molar refractivity (Wildman–Crippen MR) is 44.2 cm³/mol. The van der Waals surface area contributed by atoms with Gasteiger partial charge in [-0.15, -0.1) is 0 Å². The van der Waals surface area contributed by atoms with Crippen molar-refractivity contribution in [1.82, 2.24) is 0 Å². The molecule has 2 unspecified atom stereocenters. The molecule has 1 aliphatic carbocycles. The summed E-state index contributed by atoms with van der Waals surface area (Å²) in [6, 6.07) is 0. The molecule has 0 spiro atoms. The van der Waals surface area contributed by atoms with E-state index in [-0.39, 0.29) is 18.6 Å². The van der Waals surface area contributed by atoms with Gasteiger partial charge in [-0.25, -0.2) is 0 Å². The lowest BCUT2D eigenvalue weighted by molar-refractivity contribution is 0.107. The molecule has 0 saturated carbocycles. The second-order valence-corrected chi connectivity index (χ2v) is 3.10. The molecule has 0 aromatic carbocycles. The summed E-state index contributed by atoms with van der Waals surface area (Å²) in [5.74, 6) is 0.288. The normalized spacial score (nSPS) is 30.7. The van der Waals surface area contributed by atoms with Crippen molar-refractivity contribution in [3.63, 3.8) is 0 Å². The highest BCUT2D eigenvalue weighted by Gasteiger charge is 2.17. The third kappa shape index (κ3) is 2.64. The molecular weight excluding hydrogens is 140 g/mol. The van der Waals surface area contributed by atoms with Gasteiger partial charge in [-0.2, -0.15) is 0 Å². The van der Waals surface area contributed by atoms with Crippen LogP contribution in [0, 0.1) is 5.92 Å². The lowest BCUT2D eigenvalue weighted by Gasteiger charge is -2.22. The third-order valence-corrected chi connectivity index (χ3v) is 2.20. The first-order valence-electron chi connectivity index (χ1n) is 4.30. The molecule has 2 N–H and O–H groups in total. The zero-order chi connectivity index (χ0) is 8.10. The smallest absolute Gasteiger partial charge is 0.0605 e. The maximum absolute atomic E-state index is 9.46. The molecule has 0 saturated heterocycles. The van der Waals surface area contributed by atoms with Gasteiger partial charge in [0.25, 0.3) is 0 Å². The highest BCUT2D eigenvalue weighted by atomic mass is 16.3. The Morgan fingerprint density at radius 1 is 1.45 bits per heavy atom. The number of allylic oxidation sites excluding steroid dienone is 1. The molecule has 0 heterocycles. The molecule has 11 heavy (non-hydrogen) atoms. The molecule has 1 rings (SSSR count). The first-order valence-corrected chi connectivity index (χ1v) is 4.30. The van der Waals surface area contributed by atoms with Gasteiger partial charge in [0, 0.05) is 12.5 Å². The van der Waals surface area contributed by atoms with Crippen LogP contribution in [-0.4, -0.2) is 22.9 Å². The maximum atomic E-state index is 9.46. The summed E-state index contributed by atoms with van der Waals surface area (Å²) in [6.07, 6.45) is 7.61. The van der Waals surface area contributed by atoms with Crippen molar-refractivity contribution >= 4 is 0 Å². The molecule has 0 aliphatic heterocycles. The second-order valence-electron chi connectivity index (χ2n) is 3.10. The molecule has 1 aliphatic rings. The summed E-state index contributed by atoms with van der Waals surface area (Å²) in [5, 5.41) is 18.0. The van der Waals surface area contributed by atoms with Crippen LogP contribution >= 0.6 is 0 Å². The van der Waals surface area contributed by atoms with Crippen molar-refractivity contribution in [3.05, 3.63) is 12.2 Å². The Kier molecular flexibility index (Phi) is 3.60. The van der Waals surface area contributed by atoms with E-state index < -0.39 is 0 Å². The van der Waals surface area contributed by atoms with E-state index in [1.54, 1.807) is 0 Å². The minimum Gasteiger partial charge on any atom is -0.396 e. The SMILES string of the molecule is OCCCC1C=CCCC1O. The van der Waals surface area contributed by atoms with Crippen molar-refractivity contribution < 1.29 is 10.2 Å². The van der Waals surface area contributed by atoms with Crippen LogP contribution in [0.5, 0.6) is 0 Å². The van der Waals surface area contributed by atoms with Crippen molar-refractivity contribution in [2.75, 3.05) is 6.61 Å². The molecule has 64 valence electrons. The van der Waals surface area contributed by atoms with Gasteiger partial charge in [-0.1, -0.05) is 12.2 Å². The van der Waals surface area contributed by atoms with E-state index in [1.165, 1.54) is 0 Å². The van der Waals surface area contributed by atoms with Crippen LogP contribution in [0.4, 0.5) is 0 Å². The Bertz CT molecular complexity index is 132. The average Bonchev–Trinajstić information content (AvgIpc) is 2.03. The van der Waals surface area contributed by atoms with E-state index in [4.69, 9.17) is 5.11 Å². The Morgan fingerprint density at radius 3 is 2.91 bits per heavy atom. The summed E-state index contributed by atoms with van der Waals surface area (Å²) in [6.45, 7) is 0.233. The van der Waals surface area contributed by atoms with Crippen LogP contribution in [0.25, 0.3) is 0 Å². The largest absolute Gasteiger partial charge is 0.396 e.